The zero-order valence-electron chi connectivity index (χ0n) is 8.55. The van der Waals surface area contributed by atoms with E-state index in [1.54, 1.807) is 0 Å². The molecule has 1 N–H and O–H groups in total. The lowest BCUT2D eigenvalue weighted by atomic mass is 10.3. The van der Waals surface area contributed by atoms with Crippen molar-refractivity contribution in [2.24, 2.45) is 11.8 Å². The summed E-state index contributed by atoms with van der Waals surface area (Å²) in [4.78, 5) is 4.34. The van der Waals surface area contributed by atoms with E-state index in [-0.39, 0.29) is 0 Å². The zero-order chi connectivity index (χ0) is 10.1. The number of rotatable bonds is 3. The summed E-state index contributed by atoms with van der Waals surface area (Å²) in [6.07, 6.45) is 3.20. The van der Waals surface area contributed by atoms with E-state index in [1.165, 1.54) is 12.0 Å². The van der Waals surface area contributed by atoms with Crippen molar-refractivity contribution in [3.63, 3.8) is 0 Å². The van der Waals surface area contributed by atoms with E-state index >= 15 is 0 Å². The summed E-state index contributed by atoms with van der Waals surface area (Å²) in [5.74, 6) is 2.78. The van der Waals surface area contributed by atoms with Crippen LogP contribution in [0.15, 0.2) is 16.7 Å². The molecule has 0 spiro atoms. The molecule has 1 aliphatic carbocycles. The normalized spacial score (nSPS) is 24.8. The number of aromatic nitrogens is 1. The van der Waals surface area contributed by atoms with Gasteiger partial charge in [-0.25, -0.2) is 4.98 Å². The largest absolute Gasteiger partial charge is 0.370 e. The Morgan fingerprint density at radius 3 is 2.93 bits per heavy atom. The molecule has 1 aromatic heterocycles. The van der Waals surface area contributed by atoms with Crippen LogP contribution in [0.5, 0.6) is 0 Å². The van der Waals surface area contributed by atoms with Crippen LogP contribution in [0.25, 0.3) is 0 Å². The van der Waals surface area contributed by atoms with Crippen molar-refractivity contribution in [2.75, 3.05) is 11.9 Å². The molecule has 0 amide bonds. The third kappa shape index (κ3) is 2.27. The van der Waals surface area contributed by atoms with Crippen molar-refractivity contribution in [3.05, 3.63) is 22.3 Å². The summed E-state index contributed by atoms with van der Waals surface area (Å²) in [7, 11) is 0. The van der Waals surface area contributed by atoms with Gasteiger partial charge in [0.15, 0.2) is 0 Å². The predicted molar refractivity (Wildman–Crippen MR) is 62.4 cm³/mol. The molecule has 0 radical (unpaired) electrons. The van der Waals surface area contributed by atoms with Crippen LogP contribution in [0.4, 0.5) is 5.82 Å². The van der Waals surface area contributed by atoms with Gasteiger partial charge in [0.1, 0.15) is 5.82 Å². The number of hydrogen-bond donors (Lipinski definition) is 1. The van der Waals surface area contributed by atoms with E-state index in [0.29, 0.717) is 0 Å². The minimum absolute atomic E-state index is 0.861. The molecule has 0 bridgehead atoms. The SMILES string of the molecule is Cc1cc(Br)cnc1NCC1CC1C. The van der Waals surface area contributed by atoms with Gasteiger partial charge in [0.05, 0.1) is 0 Å². The molecule has 0 aliphatic heterocycles. The van der Waals surface area contributed by atoms with Gasteiger partial charge in [-0.15, -0.1) is 0 Å². The fraction of sp³-hybridized carbons (Fsp3) is 0.545. The Hall–Kier alpha value is -0.570. The fourth-order valence-electron chi connectivity index (χ4n) is 1.64. The molecule has 0 saturated heterocycles. The molecule has 1 aliphatic rings. The average molecular weight is 255 g/mol. The first-order chi connectivity index (χ1) is 6.66. The molecule has 2 atom stereocenters. The van der Waals surface area contributed by atoms with E-state index < -0.39 is 0 Å². The number of hydrogen-bond acceptors (Lipinski definition) is 2. The van der Waals surface area contributed by atoms with Crippen molar-refractivity contribution in [1.82, 2.24) is 4.98 Å². The van der Waals surface area contributed by atoms with Gasteiger partial charge in [-0.05, 0) is 52.7 Å². The van der Waals surface area contributed by atoms with Crippen LogP contribution in [-0.4, -0.2) is 11.5 Å². The standard InChI is InChI=1S/C11H15BrN2/c1-7-3-9(7)5-13-11-8(2)4-10(12)6-14-11/h4,6-7,9H,3,5H2,1-2H3,(H,13,14). The molecule has 14 heavy (non-hydrogen) atoms. The van der Waals surface area contributed by atoms with Gasteiger partial charge < -0.3 is 5.32 Å². The monoisotopic (exact) mass is 254 g/mol. The minimum atomic E-state index is 0.861. The highest BCUT2D eigenvalue weighted by molar-refractivity contribution is 9.10. The number of nitrogens with zero attached hydrogens (tertiary/aromatic N) is 1. The van der Waals surface area contributed by atoms with Crippen LogP contribution in [-0.2, 0) is 0 Å². The number of halogens is 1. The summed E-state index contributed by atoms with van der Waals surface area (Å²) >= 11 is 3.41. The molecule has 3 heteroatoms. The molecule has 0 aromatic carbocycles. The number of pyridine rings is 1. The first-order valence-electron chi connectivity index (χ1n) is 5.03. The lowest BCUT2D eigenvalue weighted by Gasteiger charge is -2.07. The third-order valence-corrected chi connectivity index (χ3v) is 3.29. The summed E-state index contributed by atoms with van der Waals surface area (Å²) in [5.41, 5.74) is 1.20. The first-order valence-corrected chi connectivity index (χ1v) is 5.82. The van der Waals surface area contributed by atoms with Crippen molar-refractivity contribution in [2.45, 2.75) is 20.3 Å². The van der Waals surface area contributed by atoms with Crippen molar-refractivity contribution in [3.8, 4) is 0 Å². The maximum atomic E-state index is 4.34. The van der Waals surface area contributed by atoms with Crippen LogP contribution in [0.3, 0.4) is 0 Å². The smallest absolute Gasteiger partial charge is 0.128 e. The number of aryl methyl sites for hydroxylation is 1. The van der Waals surface area contributed by atoms with Crippen LogP contribution >= 0.6 is 15.9 Å². The predicted octanol–water partition coefficient (Wildman–Crippen LogP) is 3.22. The Morgan fingerprint density at radius 1 is 1.64 bits per heavy atom. The molecule has 1 heterocycles. The molecule has 2 nitrogen and oxygen atoms in total. The van der Waals surface area contributed by atoms with Crippen LogP contribution in [0.1, 0.15) is 18.9 Å². The number of anilines is 1. The van der Waals surface area contributed by atoms with Gasteiger partial charge in [0.2, 0.25) is 0 Å². The topological polar surface area (TPSA) is 24.9 Å². The van der Waals surface area contributed by atoms with Crippen molar-refractivity contribution in [1.29, 1.82) is 0 Å². The second kappa shape index (κ2) is 3.89. The first kappa shape index (κ1) is 9.97. The molecule has 1 aromatic rings. The third-order valence-electron chi connectivity index (χ3n) is 2.85. The fourth-order valence-corrected chi connectivity index (χ4v) is 2.08. The van der Waals surface area contributed by atoms with Gasteiger partial charge in [-0.1, -0.05) is 6.92 Å². The van der Waals surface area contributed by atoms with E-state index in [0.717, 1.165) is 28.7 Å². The average Bonchev–Trinajstić information content (AvgIpc) is 2.80. The second-order valence-electron chi connectivity index (χ2n) is 4.17. The second-order valence-corrected chi connectivity index (χ2v) is 5.09. The van der Waals surface area contributed by atoms with Crippen molar-refractivity contribution < 1.29 is 0 Å². The van der Waals surface area contributed by atoms with E-state index in [1.807, 2.05) is 6.20 Å². The van der Waals surface area contributed by atoms with Gasteiger partial charge in [0, 0.05) is 17.2 Å². The maximum absolute atomic E-state index is 4.34. The zero-order valence-corrected chi connectivity index (χ0v) is 10.1. The van der Waals surface area contributed by atoms with Gasteiger partial charge in [0.25, 0.3) is 0 Å². The highest BCUT2D eigenvalue weighted by Gasteiger charge is 2.31. The molecule has 2 unspecified atom stereocenters. The lowest BCUT2D eigenvalue weighted by molar-refractivity contribution is 0.783. The number of nitrogens with one attached hydrogen (secondary N) is 1. The van der Waals surface area contributed by atoms with Crippen molar-refractivity contribution >= 4 is 21.7 Å². The Balaban J connectivity index is 1.95. The minimum Gasteiger partial charge on any atom is -0.370 e. The molecule has 2 rings (SSSR count). The Labute approximate surface area is 93.3 Å². The molecule has 76 valence electrons. The van der Waals surface area contributed by atoms with E-state index in [9.17, 15) is 0 Å². The summed E-state index contributed by atoms with van der Waals surface area (Å²) < 4.78 is 1.04. The van der Waals surface area contributed by atoms with Gasteiger partial charge in [-0.3, -0.25) is 0 Å². The van der Waals surface area contributed by atoms with Gasteiger partial charge in [-0.2, -0.15) is 0 Å². The molecular weight excluding hydrogens is 240 g/mol. The summed E-state index contributed by atoms with van der Waals surface area (Å²) in [6, 6.07) is 2.09. The molecule has 1 saturated carbocycles. The molecule has 1 fully saturated rings. The quantitative estimate of drug-likeness (QED) is 0.896. The van der Waals surface area contributed by atoms with Gasteiger partial charge >= 0.3 is 0 Å². The maximum Gasteiger partial charge on any atom is 0.128 e. The van der Waals surface area contributed by atoms with E-state index in [4.69, 9.17) is 0 Å². The Morgan fingerprint density at radius 2 is 2.36 bits per heavy atom. The summed E-state index contributed by atoms with van der Waals surface area (Å²) in [5, 5.41) is 3.40. The Kier molecular flexibility index (Phi) is 2.77. The lowest BCUT2D eigenvalue weighted by Crippen LogP contribution is -2.07. The van der Waals surface area contributed by atoms with Crippen LogP contribution < -0.4 is 5.32 Å². The van der Waals surface area contributed by atoms with Crippen LogP contribution in [0.2, 0.25) is 0 Å². The van der Waals surface area contributed by atoms with Crippen LogP contribution in [0, 0.1) is 18.8 Å². The highest BCUT2D eigenvalue weighted by Crippen LogP contribution is 2.37. The summed E-state index contributed by atoms with van der Waals surface area (Å²) in [6.45, 7) is 5.45. The molecular formula is C11H15BrN2. The van der Waals surface area contributed by atoms with E-state index in [2.05, 4.69) is 46.1 Å². The highest BCUT2D eigenvalue weighted by atomic mass is 79.9. The Bertz CT molecular complexity index is 338.